The molecule has 0 fully saturated rings. The Morgan fingerprint density at radius 1 is 1.23 bits per heavy atom. The minimum Gasteiger partial charge on any atom is -0.478 e. The Morgan fingerprint density at radius 2 is 1.96 bits per heavy atom. The molecule has 2 aliphatic rings. The van der Waals surface area contributed by atoms with Crippen molar-refractivity contribution in [3.63, 3.8) is 0 Å². The average molecular weight is 350 g/mol. The van der Waals surface area contributed by atoms with Crippen LogP contribution in [-0.4, -0.2) is 16.0 Å². The summed E-state index contributed by atoms with van der Waals surface area (Å²) in [6, 6.07) is 10.2. The summed E-state index contributed by atoms with van der Waals surface area (Å²) in [5.74, 6) is -0.806. The zero-order chi connectivity index (χ0) is 18.4. The molecule has 0 radical (unpaired) electrons. The van der Waals surface area contributed by atoms with Crippen LogP contribution in [0.15, 0.2) is 48.6 Å². The number of carboxylic acid groups (broad SMARTS) is 1. The van der Waals surface area contributed by atoms with Gasteiger partial charge >= 0.3 is 5.97 Å². The van der Waals surface area contributed by atoms with Crippen LogP contribution in [-0.2, 0) is 0 Å². The Labute approximate surface area is 150 Å². The number of allylic oxidation sites excluding steroid dienone is 2. The van der Waals surface area contributed by atoms with Crippen molar-refractivity contribution in [2.45, 2.75) is 25.3 Å². The first-order valence-electron chi connectivity index (χ1n) is 8.51. The van der Waals surface area contributed by atoms with Crippen molar-refractivity contribution in [3.05, 3.63) is 80.9 Å². The van der Waals surface area contributed by atoms with E-state index in [1.54, 1.807) is 24.3 Å². The summed E-state index contributed by atoms with van der Waals surface area (Å²) < 4.78 is 0. The molecular weight excluding hydrogens is 332 g/mol. The third-order valence-electron chi connectivity index (χ3n) is 5.42. The summed E-state index contributed by atoms with van der Waals surface area (Å²) in [7, 11) is 0. The van der Waals surface area contributed by atoms with Gasteiger partial charge in [-0.05, 0) is 42.5 Å². The summed E-state index contributed by atoms with van der Waals surface area (Å²) in [4.78, 5) is 22.3. The highest BCUT2D eigenvalue weighted by atomic mass is 16.6. The zero-order valence-corrected chi connectivity index (χ0v) is 14.2. The Morgan fingerprint density at radius 3 is 2.62 bits per heavy atom. The van der Waals surface area contributed by atoms with Gasteiger partial charge in [0.1, 0.15) is 0 Å². The van der Waals surface area contributed by atoms with Crippen molar-refractivity contribution in [1.82, 2.24) is 0 Å². The van der Waals surface area contributed by atoms with Crippen LogP contribution in [0.3, 0.4) is 0 Å². The van der Waals surface area contributed by atoms with Gasteiger partial charge in [0.2, 0.25) is 0 Å². The van der Waals surface area contributed by atoms with Gasteiger partial charge in [0.15, 0.2) is 0 Å². The highest BCUT2D eigenvalue weighted by molar-refractivity contribution is 5.87. The van der Waals surface area contributed by atoms with E-state index in [0.717, 1.165) is 28.8 Å². The van der Waals surface area contributed by atoms with Crippen LogP contribution in [0.4, 0.5) is 11.4 Å². The molecule has 1 heterocycles. The number of nitrogens with one attached hydrogen (secondary N) is 1. The van der Waals surface area contributed by atoms with Crippen LogP contribution in [0.25, 0.3) is 0 Å². The molecule has 1 aliphatic heterocycles. The third kappa shape index (κ3) is 2.45. The SMILES string of the molecule is Cc1ccc([N+](=O)[O-])c2c1N[C@H](c1ccc(C(=O)O)cc1)[C@@H]1CC=C[C@@H]21. The van der Waals surface area contributed by atoms with Crippen molar-refractivity contribution in [2.24, 2.45) is 5.92 Å². The van der Waals surface area contributed by atoms with E-state index in [-0.39, 0.29) is 34.1 Å². The van der Waals surface area contributed by atoms with E-state index in [9.17, 15) is 14.9 Å². The largest absolute Gasteiger partial charge is 0.478 e. The second-order valence-corrected chi connectivity index (χ2v) is 6.85. The number of nitrogens with zero attached hydrogens (tertiary/aromatic N) is 1. The van der Waals surface area contributed by atoms with Crippen LogP contribution in [0.2, 0.25) is 0 Å². The predicted octanol–water partition coefficient (Wildman–Crippen LogP) is 4.43. The first kappa shape index (κ1) is 16.3. The molecule has 2 aromatic rings. The van der Waals surface area contributed by atoms with Gasteiger partial charge in [0, 0.05) is 17.7 Å². The molecule has 0 unspecified atom stereocenters. The second-order valence-electron chi connectivity index (χ2n) is 6.85. The number of carbonyl (C=O) groups is 1. The van der Waals surface area contributed by atoms with E-state index in [4.69, 9.17) is 5.11 Å². The summed E-state index contributed by atoms with van der Waals surface area (Å²) >= 11 is 0. The molecule has 4 rings (SSSR count). The maximum absolute atomic E-state index is 11.5. The molecule has 0 spiro atoms. The summed E-state index contributed by atoms with van der Waals surface area (Å²) in [6.07, 6.45) is 4.97. The Balaban J connectivity index is 1.81. The fraction of sp³-hybridized carbons (Fsp3) is 0.250. The minimum absolute atomic E-state index is 0.0179. The van der Waals surface area contributed by atoms with Crippen LogP contribution in [0.5, 0.6) is 0 Å². The Kier molecular flexibility index (Phi) is 3.76. The fourth-order valence-electron chi connectivity index (χ4n) is 4.16. The van der Waals surface area contributed by atoms with E-state index in [1.165, 1.54) is 0 Å². The van der Waals surface area contributed by atoms with Crippen molar-refractivity contribution in [3.8, 4) is 0 Å². The molecule has 6 heteroatoms. The predicted molar refractivity (Wildman–Crippen MR) is 97.6 cm³/mol. The van der Waals surface area contributed by atoms with Crippen molar-refractivity contribution >= 4 is 17.3 Å². The van der Waals surface area contributed by atoms with E-state index in [0.29, 0.717) is 0 Å². The Hall–Kier alpha value is -3.15. The lowest BCUT2D eigenvalue weighted by Crippen LogP contribution is -2.30. The van der Waals surface area contributed by atoms with Gasteiger partial charge in [-0.25, -0.2) is 4.79 Å². The van der Waals surface area contributed by atoms with Gasteiger partial charge in [-0.15, -0.1) is 0 Å². The first-order valence-corrected chi connectivity index (χ1v) is 8.51. The van der Waals surface area contributed by atoms with E-state index >= 15 is 0 Å². The number of hydrogen-bond acceptors (Lipinski definition) is 4. The topological polar surface area (TPSA) is 92.5 Å². The smallest absolute Gasteiger partial charge is 0.335 e. The van der Waals surface area contributed by atoms with Gasteiger partial charge in [0.05, 0.1) is 22.1 Å². The van der Waals surface area contributed by atoms with E-state index < -0.39 is 5.97 Å². The number of rotatable bonds is 3. The number of aromatic carboxylic acids is 1. The van der Waals surface area contributed by atoms with Gasteiger partial charge < -0.3 is 10.4 Å². The average Bonchev–Trinajstić information content (AvgIpc) is 3.11. The highest BCUT2D eigenvalue weighted by Gasteiger charge is 2.42. The minimum atomic E-state index is -0.953. The molecule has 6 nitrogen and oxygen atoms in total. The molecular formula is C20H18N2O4. The van der Waals surface area contributed by atoms with Crippen LogP contribution >= 0.6 is 0 Å². The summed E-state index contributed by atoms with van der Waals surface area (Å²) in [5, 5.41) is 24.1. The maximum atomic E-state index is 11.5. The number of aryl methyl sites for hydroxylation is 1. The molecule has 0 aromatic heterocycles. The van der Waals surface area contributed by atoms with E-state index in [1.807, 2.05) is 19.1 Å². The molecule has 3 atom stereocenters. The van der Waals surface area contributed by atoms with Crippen LogP contribution in [0.1, 0.15) is 45.4 Å². The number of benzene rings is 2. The highest BCUT2D eigenvalue weighted by Crippen LogP contribution is 2.53. The molecule has 1 aliphatic carbocycles. The molecule has 0 amide bonds. The molecule has 132 valence electrons. The standard InChI is InChI=1S/C20H18N2O4/c1-11-5-10-16(22(25)26)17-14-3-2-4-15(14)19(21-18(11)17)12-6-8-13(9-7-12)20(23)24/h2-3,5-10,14-15,19,21H,4H2,1H3,(H,23,24)/t14-,15-,19-/m1/s1. The lowest BCUT2D eigenvalue weighted by molar-refractivity contribution is -0.385. The second kappa shape index (κ2) is 5.98. The lowest BCUT2D eigenvalue weighted by Gasteiger charge is -2.38. The molecule has 26 heavy (non-hydrogen) atoms. The van der Waals surface area contributed by atoms with Crippen LogP contribution in [0, 0.1) is 23.0 Å². The van der Waals surface area contributed by atoms with Gasteiger partial charge in [-0.3, -0.25) is 10.1 Å². The summed E-state index contributed by atoms with van der Waals surface area (Å²) in [6.45, 7) is 1.94. The number of hydrogen-bond donors (Lipinski definition) is 2. The normalized spacial score (nSPS) is 23.0. The number of fused-ring (bicyclic) bond motifs is 3. The van der Waals surface area contributed by atoms with Gasteiger partial charge in [-0.2, -0.15) is 0 Å². The Bertz CT molecular complexity index is 934. The van der Waals surface area contributed by atoms with Crippen LogP contribution < -0.4 is 5.32 Å². The van der Waals surface area contributed by atoms with Gasteiger partial charge in [-0.1, -0.05) is 30.4 Å². The number of anilines is 1. The number of carboxylic acids is 1. The number of nitro groups is 1. The molecule has 2 N–H and O–H groups in total. The zero-order valence-electron chi connectivity index (χ0n) is 14.2. The van der Waals surface area contributed by atoms with Crippen molar-refractivity contribution in [1.29, 1.82) is 0 Å². The molecule has 0 saturated carbocycles. The van der Waals surface area contributed by atoms with E-state index in [2.05, 4.69) is 17.5 Å². The molecule has 2 aromatic carbocycles. The molecule has 0 bridgehead atoms. The quantitative estimate of drug-likeness (QED) is 0.485. The third-order valence-corrected chi connectivity index (χ3v) is 5.42. The maximum Gasteiger partial charge on any atom is 0.335 e. The van der Waals surface area contributed by atoms with Crippen molar-refractivity contribution in [2.75, 3.05) is 5.32 Å². The van der Waals surface area contributed by atoms with Crippen molar-refractivity contribution < 1.29 is 14.8 Å². The lowest BCUT2D eigenvalue weighted by atomic mass is 9.75. The monoisotopic (exact) mass is 350 g/mol. The first-order chi connectivity index (χ1) is 12.5. The number of nitro benzene ring substituents is 1. The molecule has 0 saturated heterocycles. The summed E-state index contributed by atoms with van der Waals surface area (Å²) in [5.41, 5.74) is 3.94. The van der Waals surface area contributed by atoms with Gasteiger partial charge in [0.25, 0.3) is 5.69 Å². The fourth-order valence-corrected chi connectivity index (χ4v) is 4.16.